The third kappa shape index (κ3) is 8.15. The molecule has 1 aliphatic heterocycles. The fourth-order valence-electron chi connectivity index (χ4n) is 4.29. The van der Waals surface area contributed by atoms with Gasteiger partial charge in [0, 0.05) is 19.0 Å². The Kier molecular flexibility index (Phi) is 10.9. The predicted octanol–water partition coefficient (Wildman–Crippen LogP) is 5.08. The lowest BCUT2D eigenvalue weighted by Gasteiger charge is -2.26. The zero-order chi connectivity index (χ0) is 27.8. The van der Waals surface area contributed by atoms with Crippen LogP contribution in [0.2, 0.25) is 5.02 Å². The van der Waals surface area contributed by atoms with Crippen LogP contribution in [0, 0.1) is 12.8 Å². The molecular formula is C27H40ClN7O2S. The number of aryl methyl sites for hydroxylation is 1. The van der Waals surface area contributed by atoms with Gasteiger partial charge in [-0.3, -0.25) is 9.20 Å². The van der Waals surface area contributed by atoms with Crippen LogP contribution in [0.5, 0.6) is 5.75 Å². The number of allylic oxidation sites excluding steroid dienone is 1. The molecule has 0 aliphatic carbocycles. The standard InChI is InChI=1S/C27H40ClN7O2S/c1-16(2)15-38(36)25(29)23(14-30-6)33-26-21(28)13-32-27(35-26)34-22-11-18(5)20(12-24(22)37-17(3)4)19-7-9-31-10-8-19/h11-14,16-17,19,31H,7-10,15,29H2,1-6H3,(H2,32,33,34,35). The van der Waals surface area contributed by atoms with Crippen LogP contribution < -0.4 is 26.4 Å². The number of hydrogen-bond acceptors (Lipinski definition) is 9. The first kappa shape index (κ1) is 29.9. The SMILES string of the molecule is CN=CC(Nc1nc(Nc2cc(C)c(C3CCNCC3)cc2OC(C)C)ncc1Cl)=C(N)S(=O)CC(C)C. The van der Waals surface area contributed by atoms with Crippen LogP contribution in [0.1, 0.15) is 57.6 Å². The number of hydrogen-bond donors (Lipinski definition) is 4. The molecule has 0 saturated carbocycles. The van der Waals surface area contributed by atoms with Gasteiger partial charge in [0.15, 0.2) is 5.82 Å². The van der Waals surface area contributed by atoms with Gasteiger partial charge in [0.1, 0.15) is 15.8 Å². The minimum absolute atomic E-state index is 0.00166. The number of aromatic nitrogens is 2. The maximum atomic E-state index is 12.7. The van der Waals surface area contributed by atoms with E-state index >= 15 is 0 Å². The van der Waals surface area contributed by atoms with Crippen LogP contribution in [0.15, 0.2) is 34.0 Å². The number of anilines is 3. The first-order valence-corrected chi connectivity index (χ1v) is 14.7. The number of benzene rings is 1. The Balaban J connectivity index is 1.93. The summed E-state index contributed by atoms with van der Waals surface area (Å²) >= 11 is 6.42. The largest absolute Gasteiger partial charge is 0.489 e. The molecule has 1 aliphatic rings. The van der Waals surface area contributed by atoms with E-state index in [0.29, 0.717) is 29.1 Å². The quantitative estimate of drug-likeness (QED) is 0.280. The third-order valence-electron chi connectivity index (χ3n) is 6.01. The van der Waals surface area contributed by atoms with Crippen LogP contribution in [0.25, 0.3) is 0 Å². The summed E-state index contributed by atoms with van der Waals surface area (Å²) in [5, 5.41) is 10.3. The van der Waals surface area contributed by atoms with Gasteiger partial charge in [0.2, 0.25) is 5.95 Å². The van der Waals surface area contributed by atoms with Crippen molar-refractivity contribution in [3.8, 4) is 5.75 Å². The fraction of sp³-hybridized carbons (Fsp3) is 0.519. The Morgan fingerprint density at radius 2 is 2.03 bits per heavy atom. The fourth-order valence-corrected chi connectivity index (χ4v) is 5.56. The molecule has 1 aromatic heterocycles. The summed E-state index contributed by atoms with van der Waals surface area (Å²) in [6.45, 7) is 12.2. The van der Waals surface area contributed by atoms with E-state index in [1.165, 1.54) is 23.5 Å². The van der Waals surface area contributed by atoms with E-state index in [4.69, 9.17) is 22.1 Å². The Bertz CT molecular complexity index is 1190. The molecule has 38 heavy (non-hydrogen) atoms. The van der Waals surface area contributed by atoms with Crippen LogP contribution >= 0.6 is 11.6 Å². The predicted molar refractivity (Wildman–Crippen MR) is 159 cm³/mol. The van der Waals surface area contributed by atoms with Crippen molar-refractivity contribution in [2.24, 2.45) is 16.6 Å². The second-order valence-electron chi connectivity index (χ2n) is 10.1. The molecule has 2 aromatic rings. The highest BCUT2D eigenvalue weighted by Crippen LogP contribution is 2.37. The monoisotopic (exact) mass is 561 g/mol. The van der Waals surface area contributed by atoms with Gasteiger partial charge >= 0.3 is 0 Å². The van der Waals surface area contributed by atoms with Crippen molar-refractivity contribution in [1.29, 1.82) is 0 Å². The smallest absolute Gasteiger partial charge is 0.229 e. The zero-order valence-corrected chi connectivity index (χ0v) is 24.7. The van der Waals surface area contributed by atoms with E-state index in [2.05, 4.69) is 50.0 Å². The number of rotatable bonds is 11. The Labute approximate surface area is 233 Å². The molecule has 1 aromatic carbocycles. The maximum absolute atomic E-state index is 12.7. The van der Waals surface area contributed by atoms with E-state index in [9.17, 15) is 4.21 Å². The molecule has 0 spiro atoms. The molecule has 5 N–H and O–H groups in total. The Hall–Kier alpha value is -2.69. The topological polar surface area (TPSA) is 127 Å². The van der Waals surface area contributed by atoms with E-state index in [-0.39, 0.29) is 22.1 Å². The second-order valence-corrected chi connectivity index (χ2v) is 12.0. The minimum atomic E-state index is -1.38. The molecule has 11 heteroatoms. The van der Waals surface area contributed by atoms with E-state index < -0.39 is 10.8 Å². The van der Waals surface area contributed by atoms with Crippen LogP contribution in [0.4, 0.5) is 17.5 Å². The average molecular weight is 562 g/mol. The molecule has 208 valence electrons. The van der Waals surface area contributed by atoms with Crippen molar-refractivity contribution in [1.82, 2.24) is 15.3 Å². The summed E-state index contributed by atoms with van der Waals surface area (Å²) in [6.07, 6.45) is 5.22. The molecule has 1 unspecified atom stereocenters. The number of nitrogens with zero attached hydrogens (tertiary/aromatic N) is 3. The molecule has 1 fully saturated rings. The first-order valence-electron chi connectivity index (χ1n) is 13.0. The van der Waals surface area contributed by atoms with E-state index in [1.807, 2.05) is 27.7 Å². The second kappa shape index (κ2) is 13.9. The number of piperidine rings is 1. The number of aliphatic imine (C=N–C) groups is 1. The third-order valence-corrected chi connectivity index (χ3v) is 7.96. The van der Waals surface area contributed by atoms with Crippen molar-refractivity contribution < 1.29 is 8.95 Å². The molecule has 0 amide bonds. The maximum Gasteiger partial charge on any atom is 0.229 e. The molecule has 3 rings (SSSR count). The van der Waals surface area contributed by atoms with E-state index in [0.717, 1.165) is 37.4 Å². The van der Waals surface area contributed by atoms with Gasteiger partial charge < -0.3 is 26.4 Å². The molecule has 0 bridgehead atoms. The van der Waals surface area contributed by atoms with Gasteiger partial charge in [-0.1, -0.05) is 25.4 Å². The van der Waals surface area contributed by atoms with Gasteiger partial charge in [0.25, 0.3) is 0 Å². The van der Waals surface area contributed by atoms with Gasteiger partial charge in [-0.25, -0.2) is 4.98 Å². The summed E-state index contributed by atoms with van der Waals surface area (Å²) in [7, 11) is 0.233. The number of halogens is 1. The summed E-state index contributed by atoms with van der Waals surface area (Å²) in [6, 6.07) is 4.23. The highest BCUT2D eigenvalue weighted by Gasteiger charge is 2.21. The summed E-state index contributed by atoms with van der Waals surface area (Å²) in [5.74, 6) is 2.55. The van der Waals surface area contributed by atoms with Crippen molar-refractivity contribution >= 4 is 46.1 Å². The van der Waals surface area contributed by atoms with Gasteiger partial charge in [0.05, 0.1) is 34.5 Å². The molecule has 9 nitrogen and oxygen atoms in total. The van der Waals surface area contributed by atoms with Gasteiger partial charge in [-0.15, -0.1) is 0 Å². The first-order chi connectivity index (χ1) is 18.1. The summed E-state index contributed by atoms with van der Waals surface area (Å²) in [5.41, 5.74) is 9.86. The van der Waals surface area contributed by atoms with Crippen LogP contribution in [0.3, 0.4) is 0 Å². The Morgan fingerprint density at radius 3 is 2.66 bits per heavy atom. The number of ether oxygens (including phenoxy) is 1. The summed E-state index contributed by atoms with van der Waals surface area (Å²) in [4.78, 5) is 13.0. The number of nitrogens with two attached hydrogens (primary N) is 1. The minimum Gasteiger partial charge on any atom is -0.489 e. The summed E-state index contributed by atoms with van der Waals surface area (Å²) < 4.78 is 18.9. The molecule has 2 heterocycles. The molecule has 1 saturated heterocycles. The lowest BCUT2D eigenvalue weighted by molar-refractivity contribution is 0.243. The normalized spacial score (nSPS) is 16.1. The van der Waals surface area contributed by atoms with Crippen molar-refractivity contribution in [2.45, 2.75) is 59.5 Å². The van der Waals surface area contributed by atoms with Crippen LogP contribution in [-0.2, 0) is 10.8 Å². The molecule has 0 radical (unpaired) electrons. The van der Waals surface area contributed by atoms with Crippen molar-refractivity contribution in [2.75, 3.05) is 36.5 Å². The van der Waals surface area contributed by atoms with Crippen molar-refractivity contribution in [3.63, 3.8) is 0 Å². The highest BCUT2D eigenvalue weighted by atomic mass is 35.5. The van der Waals surface area contributed by atoms with E-state index in [1.54, 1.807) is 7.05 Å². The number of nitrogens with one attached hydrogen (secondary N) is 3. The molecule has 1 atom stereocenters. The lowest BCUT2D eigenvalue weighted by Crippen LogP contribution is -2.27. The van der Waals surface area contributed by atoms with Gasteiger partial charge in [-0.05, 0) is 81.8 Å². The van der Waals surface area contributed by atoms with Crippen molar-refractivity contribution in [3.05, 3.63) is 45.2 Å². The Morgan fingerprint density at radius 1 is 1.32 bits per heavy atom. The highest BCUT2D eigenvalue weighted by molar-refractivity contribution is 7.88. The molecular weight excluding hydrogens is 522 g/mol. The van der Waals surface area contributed by atoms with Gasteiger partial charge in [-0.2, -0.15) is 4.98 Å². The zero-order valence-electron chi connectivity index (χ0n) is 23.1. The lowest BCUT2D eigenvalue weighted by atomic mass is 9.87. The average Bonchev–Trinajstić information content (AvgIpc) is 2.86. The van der Waals surface area contributed by atoms with Crippen LogP contribution in [-0.4, -0.2) is 52.4 Å².